The molecule has 0 unspecified atom stereocenters. The minimum atomic E-state index is 0.314. The molecule has 2 aliphatic carbocycles. The number of nitrogens with zero attached hydrogens (tertiary/aromatic N) is 4. The highest BCUT2D eigenvalue weighted by atomic mass is 32.1. The molecule has 2 fully saturated rings. The van der Waals surface area contributed by atoms with Crippen LogP contribution in [-0.4, -0.2) is 47.0 Å². The largest absolute Gasteiger partial charge is 0.352 e. The number of thiophene rings is 1. The number of carbonyl (C=O) groups excluding carboxylic acids is 1. The van der Waals surface area contributed by atoms with Gasteiger partial charge in [-0.1, -0.05) is 46.5 Å². The number of anilines is 1. The number of aryl methyl sites for hydroxylation is 1. The first-order chi connectivity index (χ1) is 15.5. The number of piperazine rings is 1. The summed E-state index contributed by atoms with van der Waals surface area (Å²) in [6.07, 6.45) is 10.8. The van der Waals surface area contributed by atoms with Gasteiger partial charge in [0.1, 0.15) is 16.5 Å². The fourth-order valence-electron chi connectivity index (χ4n) is 5.78. The maximum absolute atomic E-state index is 12.8. The molecule has 2 aromatic heterocycles. The Labute approximate surface area is 196 Å². The first kappa shape index (κ1) is 22.1. The molecule has 0 radical (unpaired) electrons. The van der Waals surface area contributed by atoms with Crippen LogP contribution in [0.25, 0.3) is 10.2 Å². The molecule has 32 heavy (non-hydrogen) atoms. The van der Waals surface area contributed by atoms with Gasteiger partial charge in [-0.25, -0.2) is 9.97 Å². The van der Waals surface area contributed by atoms with Gasteiger partial charge in [-0.15, -0.1) is 11.3 Å². The average molecular weight is 455 g/mol. The molecule has 5 rings (SSSR count). The Kier molecular flexibility index (Phi) is 6.42. The molecule has 3 heterocycles. The molecule has 1 aliphatic heterocycles. The molecular weight excluding hydrogens is 416 g/mol. The topological polar surface area (TPSA) is 49.3 Å². The van der Waals surface area contributed by atoms with Crippen LogP contribution in [0.15, 0.2) is 0 Å². The van der Waals surface area contributed by atoms with E-state index in [1.807, 2.05) is 11.3 Å². The third-order valence-electron chi connectivity index (χ3n) is 7.84. The molecule has 174 valence electrons. The molecule has 0 spiro atoms. The van der Waals surface area contributed by atoms with E-state index in [2.05, 4.69) is 30.6 Å². The molecule has 1 saturated carbocycles. The lowest BCUT2D eigenvalue weighted by Crippen LogP contribution is -2.49. The second-order valence-electron chi connectivity index (χ2n) is 10.6. The Balaban J connectivity index is 1.33. The highest BCUT2D eigenvalue weighted by Gasteiger charge is 2.29. The first-order valence-electron chi connectivity index (χ1n) is 12.8. The molecule has 1 saturated heterocycles. The van der Waals surface area contributed by atoms with Crippen LogP contribution in [0.2, 0.25) is 0 Å². The van der Waals surface area contributed by atoms with E-state index in [1.165, 1.54) is 59.2 Å². The molecule has 0 bridgehead atoms. The van der Waals surface area contributed by atoms with Crippen LogP contribution in [0.5, 0.6) is 0 Å². The molecule has 5 nitrogen and oxygen atoms in total. The summed E-state index contributed by atoms with van der Waals surface area (Å²) in [6.45, 7) is 10.1. The fourth-order valence-corrected chi connectivity index (χ4v) is 7.16. The van der Waals surface area contributed by atoms with Crippen molar-refractivity contribution in [2.75, 3.05) is 31.1 Å². The molecule has 0 aromatic carbocycles. The van der Waals surface area contributed by atoms with Crippen molar-refractivity contribution in [1.29, 1.82) is 0 Å². The summed E-state index contributed by atoms with van der Waals surface area (Å²) in [4.78, 5) is 30.1. The average Bonchev–Trinajstić information content (AvgIpc) is 3.44. The highest BCUT2D eigenvalue weighted by Crippen LogP contribution is 2.41. The van der Waals surface area contributed by atoms with Crippen molar-refractivity contribution >= 4 is 33.3 Å². The van der Waals surface area contributed by atoms with E-state index in [4.69, 9.17) is 9.97 Å². The standard InChI is InChI=1S/C26H38N4OS/c1-17(2)24-27-25(23-20-10-8-18(3)16-21(20)32-26(23)28-24)30-14-12-29(13-15-30)22(31)11-9-19-6-4-5-7-19/h17-19H,4-16H2,1-3H3/t18-/m0/s1. The number of rotatable bonds is 5. The van der Waals surface area contributed by atoms with Gasteiger partial charge in [-0.3, -0.25) is 4.79 Å². The number of hydrogen-bond donors (Lipinski definition) is 0. The number of amides is 1. The third-order valence-corrected chi connectivity index (χ3v) is 8.99. The van der Waals surface area contributed by atoms with Gasteiger partial charge in [-0.05, 0) is 43.1 Å². The van der Waals surface area contributed by atoms with Crippen LogP contribution in [0, 0.1) is 11.8 Å². The maximum atomic E-state index is 12.8. The minimum Gasteiger partial charge on any atom is -0.352 e. The summed E-state index contributed by atoms with van der Waals surface area (Å²) >= 11 is 1.89. The molecule has 0 N–H and O–H groups in total. The Hall–Kier alpha value is -1.69. The quantitative estimate of drug-likeness (QED) is 0.594. The van der Waals surface area contributed by atoms with Gasteiger partial charge in [0.05, 0.1) is 5.39 Å². The van der Waals surface area contributed by atoms with Crippen LogP contribution >= 0.6 is 11.3 Å². The zero-order valence-electron chi connectivity index (χ0n) is 20.0. The molecular formula is C26H38N4OS. The van der Waals surface area contributed by atoms with Crippen molar-refractivity contribution in [3.05, 3.63) is 16.3 Å². The van der Waals surface area contributed by atoms with Gasteiger partial charge in [0.15, 0.2) is 0 Å². The van der Waals surface area contributed by atoms with Crippen LogP contribution < -0.4 is 4.90 Å². The molecule has 1 atom stereocenters. The first-order valence-corrected chi connectivity index (χ1v) is 13.7. The van der Waals surface area contributed by atoms with E-state index in [-0.39, 0.29) is 0 Å². The van der Waals surface area contributed by atoms with Crippen molar-refractivity contribution in [3.63, 3.8) is 0 Å². The number of carbonyl (C=O) groups is 1. The van der Waals surface area contributed by atoms with Gasteiger partial charge in [0.2, 0.25) is 5.91 Å². The Bertz CT molecular complexity index is 970. The van der Waals surface area contributed by atoms with E-state index in [0.717, 1.165) is 68.9 Å². The molecule has 3 aliphatic rings. The number of aromatic nitrogens is 2. The lowest BCUT2D eigenvalue weighted by Gasteiger charge is -2.36. The normalized spacial score (nSPS) is 22.2. The Morgan fingerprint density at radius 2 is 1.84 bits per heavy atom. The van der Waals surface area contributed by atoms with Crippen LogP contribution in [0.4, 0.5) is 5.82 Å². The lowest BCUT2D eigenvalue weighted by atomic mass is 9.89. The third kappa shape index (κ3) is 4.40. The summed E-state index contributed by atoms with van der Waals surface area (Å²) in [5.41, 5.74) is 1.50. The Morgan fingerprint density at radius 3 is 2.56 bits per heavy atom. The fraction of sp³-hybridized carbons (Fsp3) is 0.731. The van der Waals surface area contributed by atoms with Crippen LogP contribution in [-0.2, 0) is 17.6 Å². The van der Waals surface area contributed by atoms with Crippen molar-refractivity contribution in [2.45, 2.75) is 84.5 Å². The highest BCUT2D eigenvalue weighted by molar-refractivity contribution is 7.19. The zero-order valence-corrected chi connectivity index (χ0v) is 20.8. The second kappa shape index (κ2) is 9.28. The van der Waals surface area contributed by atoms with Gasteiger partial charge < -0.3 is 9.80 Å². The summed E-state index contributed by atoms with van der Waals surface area (Å²) in [6, 6.07) is 0. The summed E-state index contributed by atoms with van der Waals surface area (Å²) in [5, 5.41) is 1.31. The van der Waals surface area contributed by atoms with Crippen LogP contribution in [0.3, 0.4) is 0 Å². The van der Waals surface area contributed by atoms with E-state index in [9.17, 15) is 4.79 Å². The molecule has 6 heteroatoms. The summed E-state index contributed by atoms with van der Waals surface area (Å²) < 4.78 is 0. The SMILES string of the molecule is CC(C)c1nc(N2CCN(C(=O)CCC3CCCC3)CC2)c2c3c(sc2n1)C[C@@H](C)CC3. The van der Waals surface area contributed by atoms with Crippen molar-refractivity contribution < 1.29 is 4.79 Å². The number of hydrogen-bond acceptors (Lipinski definition) is 5. The smallest absolute Gasteiger partial charge is 0.222 e. The number of fused-ring (bicyclic) bond motifs is 3. The van der Waals surface area contributed by atoms with Crippen molar-refractivity contribution in [2.24, 2.45) is 11.8 Å². The van der Waals surface area contributed by atoms with Gasteiger partial charge in [0.25, 0.3) is 0 Å². The minimum absolute atomic E-state index is 0.314. The van der Waals surface area contributed by atoms with E-state index >= 15 is 0 Å². The molecule has 2 aromatic rings. The van der Waals surface area contributed by atoms with E-state index in [0.29, 0.717) is 11.8 Å². The predicted molar refractivity (Wildman–Crippen MR) is 133 cm³/mol. The van der Waals surface area contributed by atoms with Crippen LogP contribution in [0.1, 0.15) is 87.9 Å². The van der Waals surface area contributed by atoms with Gasteiger partial charge >= 0.3 is 0 Å². The van der Waals surface area contributed by atoms with Gasteiger partial charge in [-0.2, -0.15) is 0 Å². The van der Waals surface area contributed by atoms with E-state index in [1.54, 1.807) is 0 Å². The summed E-state index contributed by atoms with van der Waals surface area (Å²) in [7, 11) is 0. The molecule has 1 amide bonds. The van der Waals surface area contributed by atoms with Gasteiger partial charge in [0, 0.05) is 43.4 Å². The Morgan fingerprint density at radius 1 is 1.09 bits per heavy atom. The second-order valence-corrected chi connectivity index (χ2v) is 11.7. The lowest BCUT2D eigenvalue weighted by molar-refractivity contribution is -0.131. The van der Waals surface area contributed by atoms with E-state index < -0.39 is 0 Å². The zero-order chi connectivity index (χ0) is 22.2. The maximum Gasteiger partial charge on any atom is 0.222 e. The van der Waals surface area contributed by atoms with Crippen molar-refractivity contribution in [3.8, 4) is 0 Å². The monoisotopic (exact) mass is 454 g/mol. The van der Waals surface area contributed by atoms with Crippen molar-refractivity contribution in [1.82, 2.24) is 14.9 Å². The summed E-state index contributed by atoms with van der Waals surface area (Å²) in [5.74, 6) is 4.30. The predicted octanol–water partition coefficient (Wildman–Crippen LogP) is 5.56.